The van der Waals surface area contributed by atoms with Crippen LogP contribution in [0.4, 0.5) is 0 Å². The third-order valence-electron chi connectivity index (χ3n) is 2.75. The second-order valence-electron chi connectivity index (χ2n) is 4.11. The quantitative estimate of drug-likeness (QED) is 0.848. The van der Waals surface area contributed by atoms with Crippen molar-refractivity contribution in [3.05, 3.63) is 22.4 Å². The van der Waals surface area contributed by atoms with E-state index in [0.717, 1.165) is 31.5 Å². The molecule has 0 spiro atoms. The molecule has 0 atom stereocenters. The molecular formula is C12H17NO2S. The molecule has 0 radical (unpaired) electrons. The fourth-order valence-corrected chi connectivity index (χ4v) is 2.51. The van der Waals surface area contributed by atoms with Gasteiger partial charge in [0.25, 0.3) is 0 Å². The molecule has 0 bridgehead atoms. The number of Topliss-reactive ketones (excluding diaryl/α,β-unsaturated/α-hetero) is 1. The van der Waals surface area contributed by atoms with E-state index in [1.807, 2.05) is 16.8 Å². The number of thiophene rings is 1. The Balaban J connectivity index is 1.67. The minimum absolute atomic E-state index is 0.178. The first-order valence-corrected chi connectivity index (χ1v) is 6.64. The molecule has 1 aliphatic rings. The Bertz CT molecular complexity index is 318. The predicted octanol–water partition coefficient (Wildman–Crippen LogP) is 1.63. The normalized spacial score (nSPS) is 17.5. The summed E-state index contributed by atoms with van der Waals surface area (Å²) < 4.78 is 5.61. The Morgan fingerprint density at radius 1 is 1.50 bits per heavy atom. The number of piperidine rings is 1. The molecule has 1 aromatic rings. The Morgan fingerprint density at radius 3 is 3.00 bits per heavy atom. The molecule has 3 nitrogen and oxygen atoms in total. The van der Waals surface area contributed by atoms with Crippen molar-refractivity contribution in [2.45, 2.75) is 25.4 Å². The Morgan fingerprint density at radius 2 is 2.31 bits per heavy atom. The van der Waals surface area contributed by atoms with Crippen LogP contribution in [-0.4, -0.2) is 31.6 Å². The zero-order valence-electron chi connectivity index (χ0n) is 9.28. The van der Waals surface area contributed by atoms with Gasteiger partial charge in [0, 0.05) is 6.42 Å². The van der Waals surface area contributed by atoms with Crippen molar-refractivity contribution in [2.75, 3.05) is 19.7 Å². The van der Waals surface area contributed by atoms with Crippen LogP contribution in [0.25, 0.3) is 0 Å². The van der Waals surface area contributed by atoms with Gasteiger partial charge in [0.05, 0.1) is 6.10 Å². The van der Waals surface area contributed by atoms with Crippen LogP contribution in [0, 0.1) is 0 Å². The fraction of sp³-hybridized carbons (Fsp3) is 0.583. The summed E-state index contributed by atoms with van der Waals surface area (Å²) in [6.07, 6.45) is 2.82. The van der Waals surface area contributed by atoms with Crippen molar-refractivity contribution >= 4 is 17.1 Å². The first-order chi connectivity index (χ1) is 7.84. The molecule has 1 saturated heterocycles. The maximum Gasteiger partial charge on any atom is 0.162 e. The number of ketones is 1. The molecule has 0 unspecified atom stereocenters. The highest BCUT2D eigenvalue weighted by atomic mass is 32.1. The van der Waals surface area contributed by atoms with E-state index >= 15 is 0 Å². The van der Waals surface area contributed by atoms with E-state index in [-0.39, 0.29) is 18.5 Å². The molecule has 1 fully saturated rings. The van der Waals surface area contributed by atoms with Gasteiger partial charge >= 0.3 is 0 Å². The summed E-state index contributed by atoms with van der Waals surface area (Å²) in [5.74, 6) is 0.178. The van der Waals surface area contributed by atoms with Crippen LogP contribution in [-0.2, 0) is 16.0 Å². The number of ether oxygens (including phenoxy) is 1. The second-order valence-corrected chi connectivity index (χ2v) is 4.89. The summed E-state index contributed by atoms with van der Waals surface area (Å²) in [6, 6.07) is 1.99. The molecule has 0 saturated carbocycles. The first-order valence-electron chi connectivity index (χ1n) is 5.69. The molecule has 0 amide bonds. The number of carbonyl (C=O) groups excluding carboxylic acids is 1. The molecule has 2 rings (SSSR count). The van der Waals surface area contributed by atoms with Crippen LogP contribution in [0.2, 0.25) is 0 Å². The summed E-state index contributed by atoms with van der Waals surface area (Å²) in [7, 11) is 0. The van der Waals surface area contributed by atoms with Crippen LogP contribution in [0.5, 0.6) is 0 Å². The van der Waals surface area contributed by atoms with E-state index in [4.69, 9.17) is 4.74 Å². The Labute approximate surface area is 99.8 Å². The van der Waals surface area contributed by atoms with Gasteiger partial charge in [0.1, 0.15) is 6.61 Å². The van der Waals surface area contributed by atoms with Crippen LogP contribution < -0.4 is 5.32 Å². The zero-order chi connectivity index (χ0) is 11.2. The lowest BCUT2D eigenvalue weighted by molar-refractivity contribution is -0.125. The highest BCUT2D eigenvalue weighted by Crippen LogP contribution is 2.09. The molecule has 1 aromatic heterocycles. The minimum Gasteiger partial charge on any atom is -0.370 e. The van der Waals surface area contributed by atoms with E-state index in [1.165, 1.54) is 0 Å². The van der Waals surface area contributed by atoms with Gasteiger partial charge in [-0.15, -0.1) is 0 Å². The number of hydrogen-bond acceptors (Lipinski definition) is 4. The summed E-state index contributed by atoms with van der Waals surface area (Å²) >= 11 is 1.63. The highest BCUT2D eigenvalue weighted by molar-refractivity contribution is 7.07. The van der Waals surface area contributed by atoms with Crippen LogP contribution >= 0.6 is 11.3 Å². The topological polar surface area (TPSA) is 38.3 Å². The van der Waals surface area contributed by atoms with Gasteiger partial charge < -0.3 is 10.1 Å². The SMILES string of the molecule is O=C(COC1CCNCC1)Cc1ccsc1. The monoisotopic (exact) mass is 239 g/mol. The molecule has 0 aliphatic carbocycles. The van der Waals surface area contributed by atoms with Crippen molar-refractivity contribution < 1.29 is 9.53 Å². The molecule has 4 heteroatoms. The Hall–Kier alpha value is -0.710. The number of rotatable bonds is 5. The first kappa shape index (κ1) is 11.8. The minimum atomic E-state index is 0.178. The zero-order valence-corrected chi connectivity index (χ0v) is 10.1. The average molecular weight is 239 g/mol. The summed E-state index contributed by atoms with van der Waals surface area (Å²) in [5, 5.41) is 7.29. The smallest absolute Gasteiger partial charge is 0.162 e. The van der Waals surface area contributed by atoms with Crippen molar-refractivity contribution in [1.82, 2.24) is 5.32 Å². The maximum atomic E-state index is 11.6. The summed E-state index contributed by atoms with van der Waals surface area (Å²) in [5.41, 5.74) is 1.10. The van der Waals surface area contributed by atoms with E-state index < -0.39 is 0 Å². The van der Waals surface area contributed by atoms with E-state index in [9.17, 15) is 4.79 Å². The van der Waals surface area contributed by atoms with Crippen molar-refractivity contribution in [3.63, 3.8) is 0 Å². The van der Waals surface area contributed by atoms with Crippen molar-refractivity contribution in [2.24, 2.45) is 0 Å². The van der Waals surface area contributed by atoms with E-state index in [2.05, 4.69) is 5.32 Å². The number of carbonyl (C=O) groups is 1. The van der Waals surface area contributed by atoms with Gasteiger partial charge in [0.15, 0.2) is 5.78 Å². The molecule has 88 valence electrons. The van der Waals surface area contributed by atoms with Crippen LogP contribution in [0.1, 0.15) is 18.4 Å². The summed E-state index contributed by atoms with van der Waals surface area (Å²) in [6.45, 7) is 2.27. The lowest BCUT2D eigenvalue weighted by Crippen LogP contribution is -2.33. The molecule has 16 heavy (non-hydrogen) atoms. The van der Waals surface area contributed by atoms with Crippen molar-refractivity contribution in [1.29, 1.82) is 0 Å². The fourth-order valence-electron chi connectivity index (χ4n) is 1.84. The average Bonchev–Trinajstić information content (AvgIpc) is 2.81. The third-order valence-corrected chi connectivity index (χ3v) is 3.48. The number of hydrogen-bond donors (Lipinski definition) is 1. The Kier molecular flexibility index (Phi) is 4.51. The van der Waals surface area contributed by atoms with Gasteiger partial charge in [0.2, 0.25) is 0 Å². The predicted molar refractivity (Wildman–Crippen MR) is 64.9 cm³/mol. The lowest BCUT2D eigenvalue weighted by atomic mass is 10.1. The second kappa shape index (κ2) is 6.13. The van der Waals surface area contributed by atoms with Gasteiger partial charge in [-0.25, -0.2) is 0 Å². The molecule has 1 N–H and O–H groups in total. The van der Waals surface area contributed by atoms with Crippen molar-refractivity contribution in [3.8, 4) is 0 Å². The van der Waals surface area contributed by atoms with E-state index in [0.29, 0.717) is 6.42 Å². The molecule has 1 aliphatic heterocycles. The van der Waals surface area contributed by atoms with Gasteiger partial charge in [-0.1, -0.05) is 0 Å². The summed E-state index contributed by atoms with van der Waals surface area (Å²) in [4.78, 5) is 11.6. The molecule has 0 aromatic carbocycles. The number of nitrogens with one attached hydrogen (secondary N) is 1. The van der Waals surface area contributed by atoms with Gasteiger partial charge in [-0.05, 0) is 48.3 Å². The third kappa shape index (κ3) is 3.70. The molecular weight excluding hydrogens is 222 g/mol. The van der Waals surface area contributed by atoms with Crippen LogP contribution in [0.15, 0.2) is 16.8 Å². The maximum absolute atomic E-state index is 11.6. The van der Waals surface area contributed by atoms with Crippen LogP contribution in [0.3, 0.4) is 0 Å². The largest absolute Gasteiger partial charge is 0.370 e. The van der Waals surface area contributed by atoms with Gasteiger partial charge in [-0.2, -0.15) is 11.3 Å². The lowest BCUT2D eigenvalue weighted by Gasteiger charge is -2.22. The highest BCUT2D eigenvalue weighted by Gasteiger charge is 2.14. The standard InChI is InChI=1S/C12H17NO2S/c14-11(7-10-3-6-16-9-10)8-15-12-1-4-13-5-2-12/h3,6,9,12-13H,1-2,4-5,7-8H2. The van der Waals surface area contributed by atoms with Gasteiger partial charge in [-0.3, -0.25) is 4.79 Å². The van der Waals surface area contributed by atoms with E-state index in [1.54, 1.807) is 11.3 Å². The molecule has 2 heterocycles.